The van der Waals surface area contributed by atoms with Crippen molar-refractivity contribution in [1.29, 1.82) is 0 Å². The van der Waals surface area contributed by atoms with E-state index in [1.165, 1.54) is 20.0 Å². The maximum Gasteiger partial charge on any atom is 0.411 e. The first-order valence-corrected chi connectivity index (χ1v) is 9.46. The second-order valence-electron chi connectivity index (χ2n) is 5.98. The quantitative estimate of drug-likeness (QED) is 0.557. The summed E-state index contributed by atoms with van der Waals surface area (Å²) < 4.78 is 9.88. The Labute approximate surface area is 157 Å². The Morgan fingerprint density at radius 1 is 1.15 bits per heavy atom. The van der Waals surface area contributed by atoms with Gasteiger partial charge in [-0.25, -0.2) is 9.79 Å². The summed E-state index contributed by atoms with van der Waals surface area (Å²) in [6.07, 6.45) is 1.91. The lowest BCUT2D eigenvalue weighted by molar-refractivity contribution is 0.187. The minimum Gasteiger partial charge on any atom is -0.497 e. The van der Waals surface area contributed by atoms with Crippen LogP contribution in [0.2, 0.25) is 0 Å². The van der Waals surface area contributed by atoms with Crippen molar-refractivity contribution in [2.75, 3.05) is 19.5 Å². The Hall–Kier alpha value is -2.47. The zero-order chi connectivity index (χ0) is 18.4. The van der Waals surface area contributed by atoms with Crippen LogP contribution in [0.15, 0.2) is 53.5 Å². The number of hydrogen-bond donors (Lipinski definition) is 1. The van der Waals surface area contributed by atoms with Gasteiger partial charge in [0.05, 0.1) is 25.0 Å². The van der Waals surface area contributed by atoms with E-state index in [1.807, 2.05) is 48.5 Å². The number of rotatable bonds is 6. The molecule has 1 N–H and O–H groups in total. The van der Waals surface area contributed by atoms with Crippen LogP contribution in [-0.4, -0.2) is 25.4 Å². The average molecular weight is 370 g/mol. The van der Waals surface area contributed by atoms with Crippen LogP contribution in [0.5, 0.6) is 5.75 Å². The maximum absolute atomic E-state index is 11.5. The molecule has 0 saturated heterocycles. The number of anilines is 1. The number of nitrogens with one attached hydrogen (secondary N) is 1. The first kappa shape index (κ1) is 18.3. The first-order chi connectivity index (χ1) is 12.7. The molecule has 0 heterocycles. The second kappa shape index (κ2) is 8.76. The van der Waals surface area contributed by atoms with Gasteiger partial charge in [-0.15, -0.1) is 11.8 Å². The molecule has 0 aromatic heterocycles. The molecule has 3 rings (SSSR count). The second-order valence-corrected chi connectivity index (χ2v) is 6.98. The molecule has 0 spiro atoms. The molecule has 6 heteroatoms. The lowest BCUT2D eigenvalue weighted by atomic mass is 10.2. The Kier molecular flexibility index (Phi) is 6.17. The highest BCUT2D eigenvalue weighted by Gasteiger charge is 2.28. The highest BCUT2D eigenvalue weighted by Crippen LogP contribution is 2.38. The number of methoxy groups -OCH3 is 2. The minimum atomic E-state index is -0.461. The average Bonchev–Trinajstić information content (AvgIpc) is 3.51. The molecule has 2 aromatic carbocycles. The summed E-state index contributed by atoms with van der Waals surface area (Å²) in [6, 6.07) is 15.5. The van der Waals surface area contributed by atoms with Gasteiger partial charge in [0.1, 0.15) is 5.75 Å². The molecule has 0 unspecified atom stereocenters. The third-order valence-electron chi connectivity index (χ3n) is 4.05. The fourth-order valence-electron chi connectivity index (χ4n) is 2.44. The summed E-state index contributed by atoms with van der Waals surface area (Å²) in [5.74, 6) is 2.11. The largest absolute Gasteiger partial charge is 0.497 e. The van der Waals surface area contributed by atoms with Crippen molar-refractivity contribution in [2.24, 2.45) is 10.9 Å². The fourth-order valence-corrected chi connectivity index (χ4v) is 3.63. The van der Waals surface area contributed by atoms with Crippen LogP contribution in [0.25, 0.3) is 0 Å². The SMILES string of the molecule is COC(=O)Nc1ccccc1CSC(=Nc1ccc(OC)cc1)C1CC1. The van der Waals surface area contributed by atoms with Gasteiger partial charge < -0.3 is 9.47 Å². The van der Waals surface area contributed by atoms with Gasteiger partial charge in [-0.3, -0.25) is 5.32 Å². The number of amides is 1. The van der Waals surface area contributed by atoms with Gasteiger partial charge >= 0.3 is 6.09 Å². The predicted octanol–water partition coefficient (Wildman–Crippen LogP) is 5.25. The van der Waals surface area contributed by atoms with E-state index in [4.69, 9.17) is 14.5 Å². The van der Waals surface area contributed by atoms with Gasteiger partial charge in [0.15, 0.2) is 0 Å². The van der Waals surface area contributed by atoms with Crippen LogP contribution in [0.4, 0.5) is 16.2 Å². The van der Waals surface area contributed by atoms with Crippen LogP contribution in [0.1, 0.15) is 18.4 Å². The lowest BCUT2D eigenvalue weighted by Crippen LogP contribution is -2.12. The number of carbonyl (C=O) groups excluding carboxylic acids is 1. The predicted molar refractivity (Wildman–Crippen MR) is 107 cm³/mol. The first-order valence-electron chi connectivity index (χ1n) is 8.48. The van der Waals surface area contributed by atoms with E-state index in [-0.39, 0.29) is 0 Å². The summed E-state index contributed by atoms with van der Waals surface area (Å²) in [5, 5.41) is 3.90. The van der Waals surface area contributed by atoms with E-state index in [1.54, 1.807) is 18.9 Å². The number of nitrogens with zero attached hydrogens (tertiary/aromatic N) is 1. The molecular weight excluding hydrogens is 348 g/mol. The standard InChI is InChI=1S/C20H22N2O3S/c1-24-17-11-9-16(10-12-17)21-19(14-7-8-14)26-13-15-5-3-4-6-18(15)22-20(23)25-2/h3-6,9-12,14H,7-8,13H2,1-2H3,(H,22,23). The monoisotopic (exact) mass is 370 g/mol. The molecule has 1 aliphatic rings. The van der Waals surface area contributed by atoms with Crippen molar-refractivity contribution < 1.29 is 14.3 Å². The zero-order valence-corrected chi connectivity index (χ0v) is 15.7. The van der Waals surface area contributed by atoms with E-state index < -0.39 is 6.09 Å². The Morgan fingerprint density at radius 3 is 2.54 bits per heavy atom. The zero-order valence-electron chi connectivity index (χ0n) is 14.9. The van der Waals surface area contributed by atoms with Crippen LogP contribution in [0.3, 0.4) is 0 Å². The summed E-state index contributed by atoms with van der Waals surface area (Å²) >= 11 is 1.73. The van der Waals surface area contributed by atoms with Gasteiger partial charge in [-0.1, -0.05) is 18.2 Å². The van der Waals surface area contributed by atoms with Crippen LogP contribution in [-0.2, 0) is 10.5 Å². The molecule has 0 aliphatic heterocycles. The Morgan fingerprint density at radius 2 is 1.88 bits per heavy atom. The van der Waals surface area contributed by atoms with Gasteiger partial charge in [-0.2, -0.15) is 0 Å². The highest BCUT2D eigenvalue weighted by atomic mass is 32.2. The van der Waals surface area contributed by atoms with Crippen LogP contribution in [0, 0.1) is 5.92 Å². The fraction of sp³-hybridized carbons (Fsp3) is 0.300. The molecule has 1 aliphatic carbocycles. The Bertz CT molecular complexity index is 786. The Balaban J connectivity index is 1.71. The third-order valence-corrected chi connectivity index (χ3v) is 5.23. The summed E-state index contributed by atoms with van der Waals surface area (Å²) in [5.41, 5.74) is 2.75. The van der Waals surface area contributed by atoms with Crippen molar-refractivity contribution in [3.63, 3.8) is 0 Å². The molecule has 2 aromatic rings. The number of carbonyl (C=O) groups is 1. The number of benzene rings is 2. The molecule has 1 amide bonds. The number of para-hydroxylation sites is 1. The lowest BCUT2D eigenvalue weighted by Gasteiger charge is -2.11. The smallest absolute Gasteiger partial charge is 0.411 e. The van der Waals surface area contributed by atoms with Crippen molar-refractivity contribution in [3.05, 3.63) is 54.1 Å². The maximum atomic E-state index is 11.5. The van der Waals surface area contributed by atoms with E-state index in [9.17, 15) is 4.79 Å². The molecule has 26 heavy (non-hydrogen) atoms. The van der Waals surface area contributed by atoms with Gasteiger partial charge in [-0.05, 0) is 48.7 Å². The molecular formula is C20H22N2O3S. The van der Waals surface area contributed by atoms with E-state index in [0.29, 0.717) is 5.92 Å². The van der Waals surface area contributed by atoms with Crippen molar-refractivity contribution >= 4 is 34.3 Å². The molecule has 136 valence electrons. The van der Waals surface area contributed by atoms with Crippen LogP contribution >= 0.6 is 11.8 Å². The summed E-state index contributed by atoms with van der Waals surface area (Å²) in [6.45, 7) is 0. The third kappa shape index (κ3) is 5.02. The molecule has 1 saturated carbocycles. The summed E-state index contributed by atoms with van der Waals surface area (Å²) in [7, 11) is 3.02. The van der Waals surface area contributed by atoms with Crippen molar-refractivity contribution in [2.45, 2.75) is 18.6 Å². The molecule has 0 atom stereocenters. The van der Waals surface area contributed by atoms with Crippen molar-refractivity contribution in [1.82, 2.24) is 0 Å². The minimum absolute atomic E-state index is 0.461. The number of aliphatic imine (C=N–C) groups is 1. The highest BCUT2D eigenvalue weighted by molar-refractivity contribution is 8.13. The topological polar surface area (TPSA) is 59.9 Å². The number of thioether (sulfide) groups is 1. The summed E-state index contributed by atoms with van der Waals surface area (Å²) in [4.78, 5) is 16.3. The van der Waals surface area contributed by atoms with Crippen molar-refractivity contribution in [3.8, 4) is 5.75 Å². The molecule has 0 bridgehead atoms. The molecule has 0 radical (unpaired) electrons. The normalized spacial score (nSPS) is 14.0. The molecule has 5 nitrogen and oxygen atoms in total. The number of ether oxygens (including phenoxy) is 2. The van der Waals surface area contributed by atoms with Gasteiger partial charge in [0.25, 0.3) is 0 Å². The van der Waals surface area contributed by atoms with E-state index >= 15 is 0 Å². The van der Waals surface area contributed by atoms with E-state index in [2.05, 4.69) is 5.32 Å². The van der Waals surface area contributed by atoms with Gasteiger partial charge in [0, 0.05) is 17.4 Å². The van der Waals surface area contributed by atoms with Crippen LogP contribution < -0.4 is 10.1 Å². The number of hydrogen-bond acceptors (Lipinski definition) is 5. The van der Waals surface area contributed by atoms with E-state index in [0.717, 1.165) is 33.5 Å². The molecule has 1 fully saturated rings. The van der Waals surface area contributed by atoms with Gasteiger partial charge in [0.2, 0.25) is 0 Å².